The smallest absolute Gasteiger partial charge is 0.259 e. The van der Waals surface area contributed by atoms with Crippen molar-refractivity contribution in [2.24, 2.45) is 5.92 Å². The molecule has 0 amide bonds. The second-order valence-electron chi connectivity index (χ2n) is 6.25. The number of piperidine rings is 1. The van der Waals surface area contributed by atoms with Crippen molar-refractivity contribution in [1.29, 1.82) is 0 Å². The van der Waals surface area contributed by atoms with Crippen molar-refractivity contribution in [2.45, 2.75) is 33.2 Å². The van der Waals surface area contributed by atoms with Crippen molar-refractivity contribution in [2.75, 3.05) is 26.7 Å². The number of nitrogens with one attached hydrogen (secondary N) is 2. The molecule has 0 unspecified atom stereocenters. The highest BCUT2D eigenvalue weighted by molar-refractivity contribution is 7.18. The summed E-state index contributed by atoms with van der Waals surface area (Å²) in [7, 11) is 2.02. The van der Waals surface area contributed by atoms with Crippen LogP contribution in [0.5, 0.6) is 0 Å². The molecule has 0 aliphatic carbocycles. The number of likely N-dealkylation sites (tertiary alicyclic amines) is 1. The first kappa shape index (κ1) is 18.4. The normalized spacial score (nSPS) is 16.7. The van der Waals surface area contributed by atoms with Crippen LogP contribution in [-0.4, -0.2) is 41.5 Å². The molecule has 23 heavy (non-hydrogen) atoms. The van der Waals surface area contributed by atoms with Crippen LogP contribution in [0.3, 0.4) is 0 Å². The lowest BCUT2D eigenvalue weighted by atomic mass is 9.97. The van der Waals surface area contributed by atoms with Gasteiger partial charge in [-0.15, -0.1) is 23.7 Å². The van der Waals surface area contributed by atoms with E-state index in [1.165, 1.54) is 17.7 Å². The third kappa shape index (κ3) is 3.94. The summed E-state index contributed by atoms with van der Waals surface area (Å²) in [4.78, 5) is 24.4. The fourth-order valence-corrected chi connectivity index (χ4v) is 4.27. The molecule has 5 nitrogen and oxygen atoms in total. The summed E-state index contributed by atoms with van der Waals surface area (Å²) < 4.78 is 0. The molecule has 0 saturated carbocycles. The molecular formula is C16H25ClN4OS. The number of fused-ring (bicyclic) bond motifs is 1. The molecule has 0 spiro atoms. The van der Waals surface area contributed by atoms with E-state index in [0.717, 1.165) is 53.7 Å². The Morgan fingerprint density at radius 1 is 1.35 bits per heavy atom. The van der Waals surface area contributed by atoms with E-state index in [2.05, 4.69) is 20.2 Å². The molecule has 2 aromatic rings. The Labute approximate surface area is 146 Å². The van der Waals surface area contributed by atoms with Gasteiger partial charge in [0.2, 0.25) is 0 Å². The van der Waals surface area contributed by atoms with Crippen molar-refractivity contribution in [1.82, 2.24) is 20.2 Å². The standard InChI is InChI=1S/C16H24N4OS.ClH/c1-10-11(2)22-16-14(10)15(21)18-13(19-16)9-20-6-4-12(5-7-20)8-17-3;/h12,17H,4-9H2,1-3H3,(H,18,19,21);1H. The predicted molar refractivity (Wildman–Crippen MR) is 98.9 cm³/mol. The van der Waals surface area contributed by atoms with Crippen LogP contribution in [0.2, 0.25) is 0 Å². The first-order valence-electron chi connectivity index (χ1n) is 7.94. The van der Waals surface area contributed by atoms with E-state index in [1.807, 2.05) is 20.9 Å². The molecule has 3 rings (SSSR count). The number of H-pyrrole nitrogens is 1. The molecule has 128 valence electrons. The summed E-state index contributed by atoms with van der Waals surface area (Å²) in [5.74, 6) is 1.57. The summed E-state index contributed by atoms with van der Waals surface area (Å²) in [6, 6.07) is 0. The predicted octanol–water partition coefficient (Wildman–Crippen LogP) is 2.45. The Balaban J connectivity index is 0.00000192. The van der Waals surface area contributed by atoms with Crippen LogP contribution >= 0.6 is 23.7 Å². The van der Waals surface area contributed by atoms with Gasteiger partial charge in [0.25, 0.3) is 5.56 Å². The lowest BCUT2D eigenvalue weighted by Gasteiger charge is -2.31. The molecule has 2 N–H and O–H groups in total. The minimum absolute atomic E-state index is 0. The van der Waals surface area contributed by atoms with E-state index in [4.69, 9.17) is 0 Å². The Morgan fingerprint density at radius 2 is 2.04 bits per heavy atom. The molecule has 0 radical (unpaired) electrons. The zero-order valence-electron chi connectivity index (χ0n) is 13.9. The second-order valence-corrected chi connectivity index (χ2v) is 7.46. The summed E-state index contributed by atoms with van der Waals surface area (Å²) >= 11 is 1.62. The summed E-state index contributed by atoms with van der Waals surface area (Å²) in [6.45, 7) is 8.05. The van der Waals surface area contributed by atoms with E-state index in [9.17, 15) is 4.79 Å². The minimum atomic E-state index is 0. The molecule has 1 saturated heterocycles. The van der Waals surface area contributed by atoms with E-state index in [-0.39, 0.29) is 18.0 Å². The minimum Gasteiger partial charge on any atom is -0.319 e. The van der Waals surface area contributed by atoms with Gasteiger partial charge < -0.3 is 10.3 Å². The Bertz CT molecular complexity index is 719. The molecule has 1 aliphatic rings. The maximum Gasteiger partial charge on any atom is 0.259 e. The van der Waals surface area contributed by atoms with Gasteiger partial charge in [0.1, 0.15) is 10.7 Å². The lowest BCUT2D eigenvalue weighted by molar-refractivity contribution is 0.173. The van der Waals surface area contributed by atoms with Crippen molar-refractivity contribution >= 4 is 34.0 Å². The number of aromatic nitrogens is 2. The Morgan fingerprint density at radius 3 is 2.70 bits per heavy atom. The fourth-order valence-electron chi connectivity index (χ4n) is 3.22. The van der Waals surface area contributed by atoms with Crippen LogP contribution in [0.1, 0.15) is 29.1 Å². The summed E-state index contributed by atoms with van der Waals surface area (Å²) in [5, 5.41) is 4.02. The van der Waals surface area contributed by atoms with Crippen molar-refractivity contribution in [3.63, 3.8) is 0 Å². The lowest BCUT2D eigenvalue weighted by Crippen LogP contribution is -2.37. The van der Waals surface area contributed by atoms with Crippen LogP contribution in [0.4, 0.5) is 0 Å². The Kier molecular flexibility index (Phi) is 6.19. The molecule has 7 heteroatoms. The monoisotopic (exact) mass is 356 g/mol. The molecule has 3 heterocycles. The van der Waals surface area contributed by atoms with Gasteiger partial charge in [0.15, 0.2) is 0 Å². The average Bonchev–Trinajstić information content (AvgIpc) is 2.77. The topological polar surface area (TPSA) is 61.0 Å². The van der Waals surface area contributed by atoms with Crippen LogP contribution in [0.25, 0.3) is 10.2 Å². The number of thiophene rings is 1. The summed E-state index contributed by atoms with van der Waals surface area (Å²) in [5.41, 5.74) is 1.07. The second kappa shape index (κ2) is 7.75. The molecular weight excluding hydrogens is 332 g/mol. The summed E-state index contributed by atoms with van der Waals surface area (Å²) in [6.07, 6.45) is 2.43. The van der Waals surface area contributed by atoms with Gasteiger partial charge in [-0.1, -0.05) is 0 Å². The van der Waals surface area contributed by atoms with Gasteiger partial charge >= 0.3 is 0 Å². The first-order chi connectivity index (χ1) is 10.6. The van der Waals surface area contributed by atoms with Gasteiger partial charge in [-0.25, -0.2) is 4.98 Å². The van der Waals surface area contributed by atoms with E-state index < -0.39 is 0 Å². The van der Waals surface area contributed by atoms with Crippen LogP contribution in [0.15, 0.2) is 4.79 Å². The largest absolute Gasteiger partial charge is 0.319 e. The van der Waals surface area contributed by atoms with Crippen molar-refractivity contribution < 1.29 is 0 Å². The Hall–Kier alpha value is -0.950. The van der Waals surface area contributed by atoms with Crippen molar-refractivity contribution in [3.8, 4) is 0 Å². The number of hydrogen-bond acceptors (Lipinski definition) is 5. The van der Waals surface area contributed by atoms with Crippen LogP contribution < -0.4 is 10.9 Å². The first-order valence-corrected chi connectivity index (χ1v) is 8.76. The van der Waals surface area contributed by atoms with E-state index in [1.54, 1.807) is 11.3 Å². The zero-order valence-corrected chi connectivity index (χ0v) is 15.6. The zero-order chi connectivity index (χ0) is 15.7. The van der Waals surface area contributed by atoms with Gasteiger partial charge in [-0.05, 0) is 64.9 Å². The molecule has 1 fully saturated rings. The van der Waals surface area contributed by atoms with E-state index >= 15 is 0 Å². The van der Waals surface area contributed by atoms with Gasteiger partial charge in [0.05, 0.1) is 11.9 Å². The SMILES string of the molecule is CNCC1CCN(Cc2nc3sc(C)c(C)c3c(=O)[nH]2)CC1.Cl. The number of aryl methyl sites for hydroxylation is 2. The highest BCUT2D eigenvalue weighted by Gasteiger charge is 2.20. The van der Waals surface area contributed by atoms with Crippen LogP contribution in [0, 0.1) is 19.8 Å². The van der Waals surface area contributed by atoms with E-state index in [0.29, 0.717) is 0 Å². The number of nitrogens with zero attached hydrogens (tertiary/aromatic N) is 2. The third-order valence-corrected chi connectivity index (χ3v) is 5.76. The van der Waals surface area contributed by atoms with Crippen LogP contribution in [-0.2, 0) is 6.54 Å². The quantitative estimate of drug-likeness (QED) is 0.883. The molecule has 1 aliphatic heterocycles. The fraction of sp³-hybridized carbons (Fsp3) is 0.625. The third-order valence-electron chi connectivity index (χ3n) is 4.66. The number of rotatable bonds is 4. The number of hydrogen-bond donors (Lipinski definition) is 2. The number of aromatic amines is 1. The van der Waals surface area contributed by atoms with Gasteiger partial charge in [-0.3, -0.25) is 9.69 Å². The molecule has 0 atom stereocenters. The maximum absolute atomic E-state index is 12.3. The van der Waals surface area contributed by atoms with Crippen molar-refractivity contribution in [3.05, 3.63) is 26.6 Å². The highest BCUT2D eigenvalue weighted by Crippen LogP contribution is 2.26. The average molecular weight is 357 g/mol. The molecule has 0 aromatic carbocycles. The highest BCUT2D eigenvalue weighted by atomic mass is 35.5. The van der Waals surface area contributed by atoms with Gasteiger partial charge in [-0.2, -0.15) is 0 Å². The molecule has 0 bridgehead atoms. The van der Waals surface area contributed by atoms with Gasteiger partial charge in [0, 0.05) is 4.88 Å². The number of halogens is 1. The maximum atomic E-state index is 12.3. The molecule has 2 aromatic heterocycles.